The Kier molecular flexibility index (Phi) is 5.08. The molecule has 1 aliphatic heterocycles. The van der Waals surface area contributed by atoms with Gasteiger partial charge in [-0.15, -0.1) is 0 Å². The van der Waals surface area contributed by atoms with E-state index in [-0.39, 0.29) is 0 Å². The first-order chi connectivity index (χ1) is 8.62. The zero-order chi connectivity index (χ0) is 13.0. The molecule has 1 unspecified atom stereocenters. The van der Waals surface area contributed by atoms with Crippen LogP contribution in [0.3, 0.4) is 0 Å². The molecule has 0 bridgehead atoms. The molecule has 0 aromatic heterocycles. The number of hydrogen-bond donors (Lipinski definition) is 2. The first-order valence-electron chi connectivity index (χ1n) is 8.08. The van der Waals surface area contributed by atoms with E-state index in [2.05, 4.69) is 31.4 Å². The van der Waals surface area contributed by atoms with Crippen molar-refractivity contribution < 1.29 is 0 Å². The molecule has 1 heterocycles. The molecule has 1 saturated carbocycles. The van der Waals surface area contributed by atoms with Crippen LogP contribution in [0.4, 0.5) is 0 Å². The first-order valence-corrected chi connectivity index (χ1v) is 8.08. The van der Waals surface area contributed by atoms with Gasteiger partial charge in [0.05, 0.1) is 0 Å². The van der Waals surface area contributed by atoms with Crippen LogP contribution in [0.2, 0.25) is 0 Å². The lowest BCUT2D eigenvalue weighted by molar-refractivity contribution is 0.136. The summed E-state index contributed by atoms with van der Waals surface area (Å²) in [6.07, 6.45) is 9.69. The summed E-state index contributed by atoms with van der Waals surface area (Å²) >= 11 is 0. The van der Waals surface area contributed by atoms with E-state index in [4.69, 9.17) is 0 Å². The number of hydrogen-bond acceptors (Lipinski definition) is 2. The van der Waals surface area contributed by atoms with E-state index in [1.54, 1.807) is 0 Å². The van der Waals surface area contributed by atoms with Crippen molar-refractivity contribution >= 4 is 0 Å². The van der Waals surface area contributed by atoms with Gasteiger partial charge in [-0.25, -0.2) is 0 Å². The normalized spacial score (nSPS) is 33.8. The molecule has 0 aromatic rings. The van der Waals surface area contributed by atoms with Crippen molar-refractivity contribution in [2.24, 2.45) is 11.3 Å². The Labute approximate surface area is 113 Å². The summed E-state index contributed by atoms with van der Waals surface area (Å²) in [6.45, 7) is 9.66. The highest BCUT2D eigenvalue weighted by Crippen LogP contribution is 2.40. The van der Waals surface area contributed by atoms with Gasteiger partial charge in [-0.2, -0.15) is 0 Å². The van der Waals surface area contributed by atoms with Crippen molar-refractivity contribution in [3.8, 4) is 0 Å². The lowest BCUT2D eigenvalue weighted by Crippen LogP contribution is -2.42. The maximum atomic E-state index is 3.79. The van der Waals surface area contributed by atoms with E-state index in [1.165, 1.54) is 58.0 Å². The van der Waals surface area contributed by atoms with Gasteiger partial charge in [0, 0.05) is 18.6 Å². The Balaban J connectivity index is 1.66. The molecule has 0 aromatic carbocycles. The second-order valence-electron chi connectivity index (χ2n) is 7.09. The zero-order valence-electron chi connectivity index (χ0n) is 12.6. The Morgan fingerprint density at radius 2 is 1.83 bits per heavy atom. The van der Waals surface area contributed by atoms with Gasteiger partial charge < -0.3 is 10.6 Å². The fourth-order valence-corrected chi connectivity index (χ4v) is 3.61. The lowest BCUT2D eigenvalue weighted by Gasteiger charge is -2.39. The van der Waals surface area contributed by atoms with E-state index >= 15 is 0 Å². The van der Waals surface area contributed by atoms with Crippen LogP contribution in [0.15, 0.2) is 0 Å². The van der Waals surface area contributed by atoms with Crippen LogP contribution in [-0.2, 0) is 0 Å². The highest BCUT2D eigenvalue weighted by Gasteiger charge is 2.31. The molecule has 2 fully saturated rings. The minimum atomic E-state index is 0.554. The molecule has 2 N–H and O–H groups in total. The van der Waals surface area contributed by atoms with E-state index in [0.717, 1.165) is 18.0 Å². The Morgan fingerprint density at radius 3 is 2.39 bits per heavy atom. The smallest absolute Gasteiger partial charge is 0.0193 e. The highest BCUT2D eigenvalue weighted by molar-refractivity contribution is 4.86. The van der Waals surface area contributed by atoms with Crippen molar-refractivity contribution in [3.05, 3.63) is 0 Å². The summed E-state index contributed by atoms with van der Waals surface area (Å²) in [7, 11) is 0. The third kappa shape index (κ3) is 3.71. The third-order valence-corrected chi connectivity index (χ3v) is 5.56. The summed E-state index contributed by atoms with van der Waals surface area (Å²) < 4.78 is 0. The Morgan fingerprint density at radius 1 is 1.11 bits per heavy atom. The van der Waals surface area contributed by atoms with Gasteiger partial charge in [0.2, 0.25) is 0 Å². The maximum Gasteiger partial charge on any atom is 0.0193 e. The van der Waals surface area contributed by atoms with E-state index in [9.17, 15) is 0 Å². The molecule has 0 amide bonds. The molecular weight excluding hydrogens is 220 g/mol. The SMILES string of the molecule is CCC(C)(C)C1CCC(NCC2CCCN2)CC1. The zero-order valence-corrected chi connectivity index (χ0v) is 12.6. The van der Waals surface area contributed by atoms with Crippen LogP contribution in [-0.4, -0.2) is 25.2 Å². The molecule has 106 valence electrons. The van der Waals surface area contributed by atoms with Crippen LogP contribution in [0, 0.1) is 11.3 Å². The minimum Gasteiger partial charge on any atom is -0.313 e. The predicted molar refractivity (Wildman–Crippen MR) is 78.8 cm³/mol. The van der Waals surface area contributed by atoms with E-state index in [0.29, 0.717) is 5.41 Å². The summed E-state index contributed by atoms with van der Waals surface area (Å²) in [5.41, 5.74) is 0.554. The van der Waals surface area contributed by atoms with Crippen LogP contribution < -0.4 is 10.6 Å². The van der Waals surface area contributed by atoms with Gasteiger partial charge in [0.15, 0.2) is 0 Å². The van der Waals surface area contributed by atoms with Gasteiger partial charge >= 0.3 is 0 Å². The van der Waals surface area contributed by atoms with Crippen molar-refractivity contribution in [2.75, 3.05) is 13.1 Å². The summed E-state index contributed by atoms with van der Waals surface area (Å²) in [6, 6.07) is 1.53. The predicted octanol–water partition coefficient (Wildman–Crippen LogP) is 3.32. The minimum absolute atomic E-state index is 0.554. The van der Waals surface area contributed by atoms with Gasteiger partial charge in [-0.1, -0.05) is 27.2 Å². The number of nitrogens with one attached hydrogen (secondary N) is 2. The first kappa shape index (κ1) is 14.3. The maximum absolute atomic E-state index is 3.79. The molecular formula is C16H32N2. The van der Waals surface area contributed by atoms with Crippen molar-refractivity contribution in [1.82, 2.24) is 10.6 Å². The molecule has 2 nitrogen and oxygen atoms in total. The highest BCUT2D eigenvalue weighted by atomic mass is 15.0. The van der Waals surface area contributed by atoms with Crippen LogP contribution in [0.5, 0.6) is 0 Å². The molecule has 0 spiro atoms. The lowest BCUT2D eigenvalue weighted by atomic mass is 9.69. The molecule has 18 heavy (non-hydrogen) atoms. The van der Waals surface area contributed by atoms with Gasteiger partial charge in [-0.05, 0) is 56.4 Å². The van der Waals surface area contributed by atoms with Crippen LogP contribution >= 0.6 is 0 Å². The monoisotopic (exact) mass is 252 g/mol. The van der Waals surface area contributed by atoms with Crippen molar-refractivity contribution in [3.63, 3.8) is 0 Å². The molecule has 1 aliphatic carbocycles. The molecule has 0 radical (unpaired) electrons. The van der Waals surface area contributed by atoms with E-state index < -0.39 is 0 Å². The second kappa shape index (κ2) is 6.38. The molecule has 1 saturated heterocycles. The molecule has 2 aliphatic rings. The topological polar surface area (TPSA) is 24.1 Å². The Bertz CT molecular complexity index is 235. The average molecular weight is 252 g/mol. The summed E-state index contributed by atoms with van der Waals surface area (Å²) in [5, 5.41) is 7.37. The molecule has 1 atom stereocenters. The van der Waals surface area contributed by atoms with Gasteiger partial charge in [0.25, 0.3) is 0 Å². The van der Waals surface area contributed by atoms with E-state index in [1.807, 2.05) is 0 Å². The molecule has 2 rings (SSSR count). The second-order valence-corrected chi connectivity index (χ2v) is 7.09. The average Bonchev–Trinajstić information content (AvgIpc) is 2.90. The fraction of sp³-hybridized carbons (Fsp3) is 1.00. The summed E-state index contributed by atoms with van der Waals surface area (Å²) in [5.74, 6) is 0.949. The van der Waals surface area contributed by atoms with Crippen LogP contribution in [0.25, 0.3) is 0 Å². The molecule has 2 heteroatoms. The third-order valence-electron chi connectivity index (χ3n) is 5.56. The van der Waals surface area contributed by atoms with Gasteiger partial charge in [0.1, 0.15) is 0 Å². The summed E-state index contributed by atoms with van der Waals surface area (Å²) in [4.78, 5) is 0. The largest absolute Gasteiger partial charge is 0.313 e. The fourth-order valence-electron chi connectivity index (χ4n) is 3.61. The quantitative estimate of drug-likeness (QED) is 0.784. The van der Waals surface area contributed by atoms with Crippen molar-refractivity contribution in [1.29, 1.82) is 0 Å². The van der Waals surface area contributed by atoms with Crippen molar-refractivity contribution in [2.45, 2.75) is 77.8 Å². The standard InChI is InChI=1S/C16H32N2/c1-4-16(2,3)13-7-9-14(10-8-13)18-12-15-6-5-11-17-15/h13-15,17-18H,4-12H2,1-3H3. The Hall–Kier alpha value is -0.0800. The van der Waals surface area contributed by atoms with Crippen LogP contribution in [0.1, 0.15) is 65.7 Å². The number of rotatable bonds is 5. The van der Waals surface area contributed by atoms with Gasteiger partial charge in [-0.3, -0.25) is 0 Å².